The van der Waals surface area contributed by atoms with Gasteiger partial charge in [0.15, 0.2) is 0 Å². The van der Waals surface area contributed by atoms with Gasteiger partial charge in [0, 0.05) is 30.7 Å². The molecule has 3 aromatic rings. The smallest absolute Gasteiger partial charge is 0.137 e. The summed E-state index contributed by atoms with van der Waals surface area (Å²) in [5, 5.41) is 20.7. The van der Waals surface area contributed by atoms with Crippen LogP contribution < -0.4 is 0 Å². The minimum absolute atomic E-state index is 0.0995. The van der Waals surface area contributed by atoms with Gasteiger partial charge in [-0.1, -0.05) is 30.3 Å². The van der Waals surface area contributed by atoms with Crippen molar-refractivity contribution in [2.75, 3.05) is 6.54 Å². The van der Waals surface area contributed by atoms with Gasteiger partial charge >= 0.3 is 0 Å². The van der Waals surface area contributed by atoms with Crippen molar-refractivity contribution in [2.45, 2.75) is 12.5 Å². The first-order valence-electron chi connectivity index (χ1n) is 9.26. The number of aromatic hydroxyl groups is 2. The van der Waals surface area contributed by atoms with E-state index in [0.29, 0.717) is 17.7 Å². The van der Waals surface area contributed by atoms with Gasteiger partial charge in [-0.2, -0.15) is 0 Å². The van der Waals surface area contributed by atoms with Gasteiger partial charge in [-0.3, -0.25) is 9.98 Å². The second-order valence-electron chi connectivity index (χ2n) is 6.77. The first-order chi connectivity index (χ1) is 14.8. The summed E-state index contributed by atoms with van der Waals surface area (Å²) in [6.07, 6.45) is 4.17. The second kappa shape index (κ2) is 12.1. The molecule has 0 saturated carbocycles. The zero-order valence-corrected chi connectivity index (χ0v) is 24.8. The molecule has 0 bridgehead atoms. The molecule has 0 spiro atoms. The minimum Gasteiger partial charge on any atom is -0.506 e. The fraction of sp³-hybridized carbons (Fsp3) is 0.130. The van der Waals surface area contributed by atoms with Crippen molar-refractivity contribution in [3.8, 4) is 11.5 Å². The summed E-state index contributed by atoms with van der Waals surface area (Å²) in [5.41, 5.74) is 2.57. The predicted octanol–water partition coefficient (Wildman–Crippen LogP) is 6.67. The van der Waals surface area contributed by atoms with Gasteiger partial charge in [0.1, 0.15) is 11.5 Å². The highest BCUT2D eigenvalue weighted by Crippen LogP contribution is 2.27. The highest BCUT2D eigenvalue weighted by atomic mass is 127. The Morgan fingerprint density at radius 1 is 0.774 bits per heavy atom. The van der Waals surface area contributed by atoms with E-state index < -0.39 is 0 Å². The second-order valence-corrected chi connectivity index (χ2v) is 11.6. The van der Waals surface area contributed by atoms with Gasteiger partial charge in [-0.15, -0.1) is 0 Å². The molecule has 4 nitrogen and oxygen atoms in total. The molecule has 0 fully saturated rings. The van der Waals surface area contributed by atoms with Gasteiger partial charge < -0.3 is 10.2 Å². The number of phenolic OH excluding ortho intramolecular Hbond substituents is 2. The third kappa shape index (κ3) is 7.52. The summed E-state index contributed by atoms with van der Waals surface area (Å²) in [5.74, 6) is 0.483. The molecule has 0 aliphatic carbocycles. The van der Waals surface area contributed by atoms with Gasteiger partial charge in [0.05, 0.1) is 19.7 Å². The highest BCUT2D eigenvalue weighted by molar-refractivity contribution is 14.1. The van der Waals surface area contributed by atoms with Crippen LogP contribution in [0.25, 0.3) is 0 Å². The van der Waals surface area contributed by atoms with Gasteiger partial charge in [0.25, 0.3) is 0 Å². The van der Waals surface area contributed by atoms with E-state index in [1.807, 2.05) is 42.5 Å². The molecule has 0 heterocycles. The van der Waals surface area contributed by atoms with Crippen LogP contribution in [0.3, 0.4) is 0 Å². The molecule has 1 atom stereocenters. The fourth-order valence-corrected chi connectivity index (χ4v) is 6.66. The molecule has 31 heavy (non-hydrogen) atoms. The largest absolute Gasteiger partial charge is 0.506 e. The van der Waals surface area contributed by atoms with Gasteiger partial charge in [0.2, 0.25) is 0 Å². The Hall–Kier alpha value is -0.480. The molecule has 0 aromatic heterocycles. The fourth-order valence-electron chi connectivity index (χ4n) is 2.88. The molecule has 0 aliphatic heterocycles. The summed E-state index contributed by atoms with van der Waals surface area (Å²) in [6, 6.07) is 17.7. The number of rotatable bonds is 7. The summed E-state index contributed by atoms with van der Waals surface area (Å²) in [7, 11) is 0. The molecular weight excluding hydrogens is 844 g/mol. The Balaban J connectivity index is 1.83. The SMILES string of the molecule is Oc1c(I)cc(I)cc1C=NC[C@H](Cc1ccccc1)N=Cc1cc(I)cc(I)c1O. The lowest BCUT2D eigenvalue weighted by molar-refractivity contribution is 0.470. The Kier molecular flexibility index (Phi) is 9.83. The van der Waals surface area contributed by atoms with Gasteiger partial charge in [-0.25, -0.2) is 0 Å². The third-order valence-corrected chi connectivity index (χ3v) is 7.29. The van der Waals surface area contributed by atoms with E-state index >= 15 is 0 Å². The molecule has 0 amide bonds. The predicted molar refractivity (Wildman–Crippen MR) is 161 cm³/mol. The first-order valence-corrected chi connectivity index (χ1v) is 13.6. The van der Waals surface area contributed by atoms with Crippen molar-refractivity contribution in [1.82, 2.24) is 0 Å². The summed E-state index contributed by atoms with van der Waals surface area (Å²) in [6.45, 7) is 0.467. The van der Waals surface area contributed by atoms with E-state index in [4.69, 9.17) is 4.99 Å². The maximum atomic E-state index is 10.4. The quantitative estimate of drug-likeness (QED) is 0.206. The third-order valence-electron chi connectivity index (χ3n) is 4.40. The topological polar surface area (TPSA) is 65.2 Å². The monoisotopic (exact) mass is 862 g/mol. The standard InChI is InChI=1S/C23H18I4N2O2/c24-17-7-15(22(30)20(26)9-17)11-28-13-19(6-14-4-2-1-3-5-14)29-12-16-8-18(25)10-21(27)23(16)31/h1-5,7-12,19,30-31H,6,13H2/t19-/m0/s1. The van der Waals surface area contributed by atoms with Crippen molar-refractivity contribution in [1.29, 1.82) is 0 Å². The van der Waals surface area contributed by atoms with E-state index in [1.54, 1.807) is 12.4 Å². The van der Waals surface area contributed by atoms with Crippen LogP contribution >= 0.6 is 90.4 Å². The lowest BCUT2D eigenvalue weighted by atomic mass is 10.1. The molecule has 3 rings (SSSR count). The summed E-state index contributed by atoms with van der Waals surface area (Å²) in [4.78, 5) is 9.33. The summed E-state index contributed by atoms with van der Waals surface area (Å²) >= 11 is 8.71. The lowest BCUT2D eigenvalue weighted by Crippen LogP contribution is -2.13. The normalized spacial score (nSPS) is 12.6. The van der Waals surface area contributed by atoms with Crippen molar-refractivity contribution in [3.63, 3.8) is 0 Å². The van der Waals surface area contributed by atoms with E-state index in [2.05, 4.69) is 107 Å². The van der Waals surface area contributed by atoms with E-state index in [-0.39, 0.29) is 17.5 Å². The Labute approximate surface area is 236 Å². The van der Waals surface area contributed by atoms with Crippen LogP contribution in [0.15, 0.2) is 64.6 Å². The number of aliphatic imine (C=N–C) groups is 2. The van der Waals surface area contributed by atoms with E-state index in [0.717, 1.165) is 20.7 Å². The number of halogens is 4. The maximum absolute atomic E-state index is 10.4. The molecule has 3 aromatic carbocycles. The molecular formula is C23H18I4N2O2. The van der Waals surface area contributed by atoms with Crippen LogP contribution in [-0.2, 0) is 6.42 Å². The lowest BCUT2D eigenvalue weighted by Gasteiger charge is -2.11. The number of hydrogen-bond acceptors (Lipinski definition) is 4. The molecule has 0 saturated heterocycles. The van der Waals surface area contributed by atoms with E-state index in [9.17, 15) is 10.2 Å². The molecule has 2 N–H and O–H groups in total. The van der Waals surface area contributed by atoms with E-state index in [1.165, 1.54) is 5.56 Å². The number of hydrogen-bond donors (Lipinski definition) is 2. The van der Waals surface area contributed by atoms with Gasteiger partial charge in [-0.05, 0) is 127 Å². The van der Waals surface area contributed by atoms with Crippen LogP contribution in [0.1, 0.15) is 16.7 Å². The van der Waals surface area contributed by atoms with Crippen molar-refractivity contribution in [2.24, 2.45) is 9.98 Å². The molecule has 0 unspecified atom stereocenters. The van der Waals surface area contributed by atoms with Crippen molar-refractivity contribution >= 4 is 103 Å². The zero-order chi connectivity index (χ0) is 22.4. The van der Waals surface area contributed by atoms with Crippen LogP contribution in [0.4, 0.5) is 0 Å². The molecule has 0 aliphatic rings. The molecule has 160 valence electrons. The first kappa shape index (κ1) is 25.1. The molecule has 8 heteroatoms. The van der Waals surface area contributed by atoms with Crippen molar-refractivity contribution < 1.29 is 10.2 Å². The Morgan fingerprint density at radius 2 is 1.32 bits per heavy atom. The highest BCUT2D eigenvalue weighted by Gasteiger charge is 2.10. The Bertz CT molecular complexity index is 1120. The Morgan fingerprint density at radius 3 is 1.90 bits per heavy atom. The summed E-state index contributed by atoms with van der Waals surface area (Å²) < 4.78 is 3.69. The average molecular weight is 862 g/mol. The van der Waals surface area contributed by atoms with Crippen LogP contribution in [0, 0.1) is 14.3 Å². The molecule has 0 radical (unpaired) electrons. The van der Waals surface area contributed by atoms with Crippen LogP contribution in [-0.4, -0.2) is 35.2 Å². The maximum Gasteiger partial charge on any atom is 0.137 e. The number of benzene rings is 3. The number of nitrogens with zero attached hydrogens (tertiary/aromatic N) is 2. The van der Waals surface area contributed by atoms with Crippen molar-refractivity contribution in [3.05, 3.63) is 85.6 Å². The van der Waals surface area contributed by atoms with Crippen LogP contribution in [0.5, 0.6) is 11.5 Å². The van der Waals surface area contributed by atoms with Crippen LogP contribution in [0.2, 0.25) is 0 Å². The zero-order valence-electron chi connectivity index (χ0n) is 16.1. The minimum atomic E-state index is -0.0995. The average Bonchev–Trinajstić information content (AvgIpc) is 2.73. The number of phenols is 2.